The van der Waals surface area contributed by atoms with Gasteiger partial charge in [-0.2, -0.15) is 5.10 Å². The Hall–Kier alpha value is -2.18. The number of aryl methyl sites for hydroxylation is 1. The van der Waals surface area contributed by atoms with E-state index in [1.165, 1.54) is 5.56 Å². The summed E-state index contributed by atoms with van der Waals surface area (Å²) >= 11 is 0. The van der Waals surface area contributed by atoms with E-state index >= 15 is 0 Å². The minimum atomic E-state index is -0.735. The molecular formula is C19H26N4O2. The normalized spacial score (nSPS) is 21.6. The standard InChI is InChI=1S/C19H26N4O2/c1-21(12-15-6-4-3-5-7-15)17-8-9-23(18(10-17)19(24)25)14-16-11-20-22(2)13-16/h3-7,11,13,17-18H,8-10,12,14H2,1-2H3,(H,24,25). The van der Waals surface area contributed by atoms with E-state index in [0.29, 0.717) is 13.0 Å². The predicted molar refractivity (Wildman–Crippen MR) is 96.0 cm³/mol. The third-order valence-corrected chi connectivity index (χ3v) is 5.01. The Morgan fingerprint density at radius 2 is 2.08 bits per heavy atom. The van der Waals surface area contributed by atoms with E-state index in [-0.39, 0.29) is 6.04 Å². The van der Waals surface area contributed by atoms with Crippen LogP contribution in [0.3, 0.4) is 0 Å². The Labute approximate surface area is 148 Å². The molecule has 2 unspecified atom stereocenters. The molecule has 0 radical (unpaired) electrons. The van der Waals surface area contributed by atoms with Crippen LogP contribution >= 0.6 is 0 Å². The lowest BCUT2D eigenvalue weighted by atomic mass is 9.95. The molecule has 1 aliphatic heterocycles. The first kappa shape index (κ1) is 17.6. The number of hydrogen-bond donors (Lipinski definition) is 1. The van der Waals surface area contributed by atoms with Crippen molar-refractivity contribution in [2.75, 3.05) is 13.6 Å². The average molecular weight is 342 g/mol. The number of carbonyl (C=O) groups is 1. The summed E-state index contributed by atoms with van der Waals surface area (Å²) in [6, 6.07) is 10.2. The van der Waals surface area contributed by atoms with Crippen LogP contribution in [0.15, 0.2) is 42.7 Å². The van der Waals surface area contributed by atoms with Gasteiger partial charge in [-0.3, -0.25) is 19.3 Å². The van der Waals surface area contributed by atoms with Crippen molar-refractivity contribution in [2.45, 2.75) is 38.0 Å². The molecule has 6 nitrogen and oxygen atoms in total. The number of aliphatic carboxylic acids is 1. The highest BCUT2D eigenvalue weighted by atomic mass is 16.4. The predicted octanol–water partition coefficient (Wildman–Crippen LogP) is 1.97. The smallest absolute Gasteiger partial charge is 0.320 e. The minimum Gasteiger partial charge on any atom is -0.480 e. The van der Waals surface area contributed by atoms with Crippen LogP contribution in [-0.4, -0.2) is 56.3 Å². The summed E-state index contributed by atoms with van der Waals surface area (Å²) in [6.45, 7) is 2.27. The first-order valence-corrected chi connectivity index (χ1v) is 8.71. The van der Waals surface area contributed by atoms with Crippen LogP contribution in [-0.2, 0) is 24.9 Å². The molecule has 1 aromatic carbocycles. The number of carboxylic acid groups (broad SMARTS) is 1. The topological polar surface area (TPSA) is 61.6 Å². The Bertz CT molecular complexity index is 700. The molecule has 25 heavy (non-hydrogen) atoms. The Morgan fingerprint density at radius 1 is 1.32 bits per heavy atom. The highest BCUT2D eigenvalue weighted by Gasteiger charge is 2.35. The molecule has 1 aliphatic rings. The van der Waals surface area contributed by atoms with Crippen molar-refractivity contribution in [3.05, 3.63) is 53.9 Å². The SMILES string of the molecule is CN(Cc1ccccc1)C1CCN(Cc2cnn(C)c2)C(C(=O)O)C1. The lowest BCUT2D eigenvalue weighted by Gasteiger charge is -2.40. The fraction of sp³-hybridized carbons (Fsp3) is 0.474. The van der Waals surface area contributed by atoms with Gasteiger partial charge in [0.1, 0.15) is 6.04 Å². The van der Waals surface area contributed by atoms with Crippen LogP contribution in [0.1, 0.15) is 24.0 Å². The van der Waals surface area contributed by atoms with Crippen molar-refractivity contribution in [1.29, 1.82) is 0 Å². The molecule has 0 bridgehead atoms. The monoisotopic (exact) mass is 342 g/mol. The van der Waals surface area contributed by atoms with E-state index in [4.69, 9.17) is 0 Å². The Kier molecular flexibility index (Phi) is 5.50. The van der Waals surface area contributed by atoms with Crippen LogP contribution in [0, 0.1) is 0 Å². The summed E-state index contributed by atoms with van der Waals surface area (Å²) in [5.41, 5.74) is 2.32. The molecule has 2 aromatic rings. The largest absolute Gasteiger partial charge is 0.480 e. The van der Waals surface area contributed by atoms with E-state index in [9.17, 15) is 9.90 Å². The second-order valence-electron chi connectivity index (χ2n) is 6.93. The first-order valence-electron chi connectivity index (χ1n) is 8.71. The molecule has 0 spiro atoms. The molecule has 134 valence electrons. The molecule has 1 N–H and O–H groups in total. The number of likely N-dealkylation sites (tertiary alicyclic amines) is 1. The van der Waals surface area contributed by atoms with E-state index in [1.54, 1.807) is 4.68 Å². The fourth-order valence-electron chi connectivity index (χ4n) is 3.63. The molecular weight excluding hydrogens is 316 g/mol. The molecule has 2 heterocycles. The summed E-state index contributed by atoms with van der Waals surface area (Å²) in [5.74, 6) is -0.735. The molecule has 2 atom stereocenters. The average Bonchev–Trinajstić information content (AvgIpc) is 3.00. The van der Waals surface area contributed by atoms with Crippen molar-refractivity contribution < 1.29 is 9.90 Å². The molecule has 0 aliphatic carbocycles. The van der Waals surface area contributed by atoms with Crippen molar-refractivity contribution in [2.24, 2.45) is 7.05 Å². The first-order chi connectivity index (χ1) is 12.0. The summed E-state index contributed by atoms with van der Waals surface area (Å²) in [7, 11) is 3.97. The van der Waals surface area contributed by atoms with Crippen LogP contribution in [0.4, 0.5) is 0 Å². The third-order valence-electron chi connectivity index (χ3n) is 5.01. The maximum Gasteiger partial charge on any atom is 0.320 e. The van der Waals surface area contributed by atoms with Crippen molar-refractivity contribution in [3.8, 4) is 0 Å². The molecule has 0 amide bonds. The molecule has 3 rings (SSSR count). The summed E-state index contributed by atoms with van der Waals surface area (Å²) in [6.07, 6.45) is 5.39. The van der Waals surface area contributed by atoms with Gasteiger partial charge in [0.25, 0.3) is 0 Å². The van der Waals surface area contributed by atoms with Crippen molar-refractivity contribution in [1.82, 2.24) is 19.6 Å². The van der Waals surface area contributed by atoms with Gasteiger partial charge in [-0.1, -0.05) is 30.3 Å². The maximum atomic E-state index is 11.8. The van der Waals surface area contributed by atoms with Crippen molar-refractivity contribution in [3.63, 3.8) is 0 Å². The number of carboxylic acids is 1. The van der Waals surface area contributed by atoms with Crippen LogP contribution in [0.2, 0.25) is 0 Å². The number of hydrogen-bond acceptors (Lipinski definition) is 4. The van der Waals surface area contributed by atoms with E-state index in [1.807, 2.05) is 37.6 Å². The van der Waals surface area contributed by atoms with Gasteiger partial charge >= 0.3 is 5.97 Å². The number of piperidine rings is 1. The van der Waals surface area contributed by atoms with Crippen LogP contribution < -0.4 is 0 Å². The molecule has 0 saturated carbocycles. The van der Waals surface area contributed by atoms with Gasteiger partial charge in [0.05, 0.1) is 6.20 Å². The minimum absolute atomic E-state index is 0.284. The lowest BCUT2D eigenvalue weighted by Crippen LogP contribution is -2.51. The van der Waals surface area contributed by atoms with E-state index in [2.05, 4.69) is 34.1 Å². The van der Waals surface area contributed by atoms with Gasteiger partial charge in [-0.25, -0.2) is 0 Å². The summed E-state index contributed by atoms with van der Waals surface area (Å²) < 4.78 is 1.76. The zero-order valence-corrected chi connectivity index (χ0v) is 14.9. The second-order valence-corrected chi connectivity index (χ2v) is 6.93. The van der Waals surface area contributed by atoms with Gasteiger partial charge in [-0.15, -0.1) is 0 Å². The van der Waals surface area contributed by atoms with Gasteiger partial charge < -0.3 is 5.11 Å². The molecule has 1 fully saturated rings. The second kappa shape index (κ2) is 7.80. The van der Waals surface area contributed by atoms with Crippen LogP contribution in [0.5, 0.6) is 0 Å². The Morgan fingerprint density at radius 3 is 2.72 bits per heavy atom. The van der Waals surface area contributed by atoms with Crippen LogP contribution in [0.25, 0.3) is 0 Å². The zero-order chi connectivity index (χ0) is 17.8. The highest BCUT2D eigenvalue weighted by molar-refractivity contribution is 5.73. The third kappa shape index (κ3) is 4.46. The highest BCUT2D eigenvalue weighted by Crippen LogP contribution is 2.24. The molecule has 6 heteroatoms. The fourth-order valence-corrected chi connectivity index (χ4v) is 3.63. The molecule has 1 aromatic heterocycles. The van der Waals surface area contributed by atoms with E-state index in [0.717, 1.165) is 25.1 Å². The van der Waals surface area contributed by atoms with E-state index < -0.39 is 12.0 Å². The van der Waals surface area contributed by atoms with Gasteiger partial charge in [0, 0.05) is 44.5 Å². The number of nitrogens with zero attached hydrogens (tertiary/aromatic N) is 4. The number of benzene rings is 1. The number of aromatic nitrogens is 2. The maximum absolute atomic E-state index is 11.8. The summed E-state index contributed by atoms with van der Waals surface area (Å²) in [4.78, 5) is 16.2. The number of rotatable bonds is 6. The van der Waals surface area contributed by atoms with Gasteiger partial charge in [-0.05, 0) is 25.5 Å². The van der Waals surface area contributed by atoms with Gasteiger partial charge in [0.15, 0.2) is 0 Å². The Balaban J connectivity index is 1.63. The quantitative estimate of drug-likeness (QED) is 0.870. The summed E-state index contributed by atoms with van der Waals surface area (Å²) in [5, 5.41) is 13.9. The zero-order valence-electron chi connectivity index (χ0n) is 14.9. The van der Waals surface area contributed by atoms with Crippen molar-refractivity contribution >= 4 is 5.97 Å². The molecule has 1 saturated heterocycles. The lowest BCUT2D eigenvalue weighted by molar-refractivity contribution is -0.146. The van der Waals surface area contributed by atoms with Gasteiger partial charge in [0.2, 0.25) is 0 Å².